The first-order valence-corrected chi connectivity index (χ1v) is 16.2. The summed E-state index contributed by atoms with van der Waals surface area (Å²) in [6.45, 7) is 9.80. The Labute approximate surface area is 286 Å². The van der Waals surface area contributed by atoms with Gasteiger partial charge in [0.25, 0.3) is 0 Å². The van der Waals surface area contributed by atoms with Crippen molar-refractivity contribution in [2.45, 2.75) is 37.3 Å². The Morgan fingerprint density at radius 2 is 1.00 bits per heavy atom. The second-order valence-corrected chi connectivity index (χ2v) is 13.6. The molecule has 6 heterocycles. The second-order valence-electron chi connectivity index (χ2n) is 13.6. The Kier molecular flexibility index (Phi) is 7.01. The highest BCUT2D eigenvalue weighted by molar-refractivity contribution is 6.24. The third-order valence-corrected chi connectivity index (χ3v) is 10.4. The van der Waals surface area contributed by atoms with Crippen molar-refractivity contribution in [2.75, 3.05) is 23.0 Å². The lowest BCUT2D eigenvalue weighted by molar-refractivity contribution is -0.149. The van der Waals surface area contributed by atoms with E-state index in [2.05, 4.69) is 13.2 Å². The molecule has 12 heteroatoms. The summed E-state index contributed by atoms with van der Waals surface area (Å²) in [5, 5.41) is 0. The van der Waals surface area contributed by atoms with Crippen molar-refractivity contribution >= 4 is 46.9 Å². The Morgan fingerprint density at radius 3 is 1.34 bits per heavy atom. The number of carbonyl (C=O) groups excluding carboxylic acids is 6. The number of ether oxygens (including phenoxy) is 4. The van der Waals surface area contributed by atoms with E-state index in [0.29, 0.717) is 11.4 Å². The number of esters is 2. The molecule has 0 aromatic heterocycles. The van der Waals surface area contributed by atoms with Gasteiger partial charge in [-0.1, -0.05) is 49.6 Å². The number of hydrogen-bond donors (Lipinski definition) is 0. The zero-order valence-electron chi connectivity index (χ0n) is 27.2. The van der Waals surface area contributed by atoms with Crippen molar-refractivity contribution in [2.24, 2.45) is 23.7 Å². The summed E-state index contributed by atoms with van der Waals surface area (Å²) in [6.07, 6.45) is 5.69. The van der Waals surface area contributed by atoms with Gasteiger partial charge in [-0.3, -0.25) is 19.2 Å². The summed E-state index contributed by atoms with van der Waals surface area (Å²) in [5.41, 5.74) is 0.340. The normalized spacial score (nSPS) is 32.6. The Morgan fingerprint density at radius 1 is 0.640 bits per heavy atom. The fourth-order valence-corrected chi connectivity index (χ4v) is 8.05. The Hall–Kier alpha value is -5.46. The van der Waals surface area contributed by atoms with Crippen molar-refractivity contribution in [1.29, 1.82) is 0 Å². The lowest BCUT2D eigenvalue weighted by Crippen LogP contribution is -2.44. The maximum Gasteiger partial charge on any atom is 0.333 e. The van der Waals surface area contributed by atoms with E-state index in [1.165, 1.54) is 23.6 Å². The number of hydrogen-bond acceptors (Lipinski definition) is 10. The highest BCUT2D eigenvalue weighted by atomic mass is 16.6. The third kappa shape index (κ3) is 4.44. The molecule has 8 rings (SSSR count). The van der Waals surface area contributed by atoms with Crippen LogP contribution in [0.4, 0.5) is 11.4 Å². The molecular weight excluding hydrogens is 644 g/mol. The van der Waals surface area contributed by atoms with E-state index in [9.17, 15) is 28.8 Å². The highest BCUT2D eigenvalue weighted by Crippen LogP contribution is 2.54. The average Bonchev–Trinajstić information content (AvgIpc) is 3.94. The van der Waals surface area contributed by atoms with E-state index in [1.54, 1.807) is 72.8 Å². The van der Waals surface area contributed by atoms with Crippen LogP contribution in [0.3, 0.4) is 0 Å². The van der Waals surface area contributed by atoms with Gasteiger partial charge in [0.05, 0.1) is 47.3 Å². The number of nitrogens with zero attached hydrogens (tertiary/aromatic N) is 2. The first kappa shape index (κ1) is 31.8. The Balaban J connectivity index is 0.975. The number of benzene rings is 2. The summed E-state index contributed by atoms with van der Waals surface area (Å²) in [6, 6.07) is 13.8. The molecule has 4 fully saturated rings. The number of amides is 4. The van der Waals surface area contributed by atoms with E-state index < -0.39 is 70.8 Å². The van der Waals surface area contributed by atoms with Gasteiger partial charge in [-0.25, -0.2) is 19.4 Å². The number of rotatable bonds is 9. The number of imide groups is 2. The zero-order chi connectivity index (χ0) is 35.3. The first-order chi connectivity index (χ1) is 23.9. The molecule has 8 unspecified atom stereocenters. The van der Waals surface area contributed by atoms with Gasteiger partial charge in [0.15, 0.2) is 0 Å². The lowest BCUT2D eigenvalue weighted by Gasteiger charge is -2.28. The SMILES string of the molecule is C=C(C)C(=O)OCC12C=CC(O1)C1C(=O)N(c3ccc(-c4ccc(N5C(=O)C6C7C=CC(COC(=O)C(=C)C)(O7)C6C5=O)cc4)cc3)C(=O)C12. The van der Waals surface area contributed by atoms with Crippen LogP contribution in [0.2, 0.25) is 0 Å². The molecule has 0 saturated carbocycles. The van der Waals surface area contributed by atoms with Crippen LogP contribution in [0.1, 0.15) is 13.8 Å². The monoisotopic (exact) mass is 676 g/mol. The lowest BCUT2D eigenvalue weighted by atomic mass is 9.77. The third-order valence-electron chi connectivity index (χ3n) is 10.4. The highest BCUT2D eigenvalue weighted by Gasteiger charge is 2.69. The van der Waals surface area contributed by atoms with Crippen LogP contribution in [0, 0.1) is 23.7 Å². The van der Waals surface area contributed by atoms with Crippen molar-refractivity contribution < 1.29 is 47.7 Å². The second kappa shape index (κ2) is 11.0. The van der Waals surface area contributed by atoms with Gasteiger partial charge in [0.2, 0.25) is 23.6 Å². The van der Waals surface area contributed by atoms with E-state index in [-0.39, 0.29) is 36.2 Å². The van der Waals surface area contributed by atoms with Gasteiger partial charge in [-0.2, -0.15) is 0 Å². The van der Waals surface area contributed by atoms with Crippen molar-refractivity contribution in [3.8, 4) is 11.1 Å². The van der Waals surface area contributed by atoms with Gasteiger partial charge in [-0.15, -0.1) is 0 Å². The smallest absolute Gasteiger partial charge is 0.333 e. The standard InChI is InChI=1S/C38H32N2O10/c1-19(2)35(45)47-17-37-15-13-25(49-37)27-29(37)33(43)39(31(27)41)23-9-5-21(6-10-23)22-7-11-24(12-8-22)40-32(42)28-26-14-16-38(50-26,30(28)34(40)44)18-48-36(46)20(3)4/h5-16,25-30H,1,3,17-18H2,2,4H3. The molecule has 2 aromatic carbocycles. The summed E-state index contributed by atoms with van der Waals surface area (Å²) in [7, 11) is 0. The van der Waals surface area contributed by atoms with Crippen LogP contribution < -0.4 is 9.80 Å². The van der Waals surface area contributed by atoms with E-state index in [0.717, 1.165) is 11.1 Å². The average molecular weight is 677 g/mol. The zero-order valence-corrected chi connectivity index (χ0v) is 27.2. The predicted molar refractivity (Wildman–Crippen MR) is 176 cm³/mol. The molecule has 4 saturated heterocycles. The fourth-order valence-electron chi connectivity index (χ4n) is 8.05. The topological polar surface area (TPSA) is 146 Å². The largest absolute Gasteiger partial charge is 0.459 e. The van der Waals surface area contributed by atoms with Crippen LogP contribution in [0.25, 0.3) is 11.1 Å². The molecule has 254 valence electrons. The minimum atomic E-state index is -1.22. The molecule has 6 aliphatic rings. The molecule has 50 heavy (non-hydrogen) atoms. The molecule has 0 N–H and O–H groups in total. The maximum atomic E-state index is 13.7. The molecule has 0 aliphatic carbocycles. The van der Waals surface area contributed by atoms with Crippen LogP contribution in [0.5, 0.6) is 0 Å². The van der Waals surface area contributed by atoms with Gasteiger partial charge in [0.1, 0.15) is 24.4 Å². The molecule has 4 bridgehead atoms. The van der Waals surface area contributed by atoms with Crippen LogP contribution in [-0.2, 0) is 47.7 Å². The molecule has 6 aliphatic heterocycles. The van der Waals surface area contributed by atoms with Crippen molar-refractivity contribution in [3.05, 3.63) is 97.1 Å². The van der Waals surface area contributed by atoms with Gasteiger partial charge in [0, 0.05) is 11.1 Å². The van der Waals surface area contributed by atoms with E-state index >= 15 is 0 Å². The van der Waals surface area contributed by atoms with Gasteiger partial charge in [-0.05, 0) is 61.4 Å². The molecule has 0 spiro atoms. The minimum absolute atomic E-state index is 0.207. The van der Waals surface area contributed by atoms with Gasteiger partial charge >= 0.3 is 11.9 Å². The van der Waals surface area contributed by atoms with Crippen LogP contribution in [-0.4, -0.2) is 72.2 Å². The maximum absolute atomic E-state index is 13.7. The molecule has 8 atom stereocenters. The molecule has 12 nitrogen and oxygen atoms in total. The van der Waals surface area contributed by atoms with E-state index in [4.69, 9.17) is 18.9 Å². The Bertz CT molecular complexity index is 1850. The first-order valence-electron chi connectivity index (χ1n) is 16.2. The van der Waals surface area contributed by atoms with Gasteiger partial charge < -0.3 is 18.9 Å². The number of fused-ring (bicyclic) bond motifs is 10. The summed E-state index contributed by atoms with van der Waals surface area (Å²) in [4.78, 5) is 81.0. The number of carbonyl (C=O) groups is 6. The summed E-state index contributed by atoms with van der Waals surface area (Å²) < 4.78 is 22.8. The molecule has 2 aromatic rings. The van der Waals surface area contributed by atoms with Crippen molar-refractivity contribution in [3.63, 3.8) is 0 Å². The molecule has 4 amide bonds. The van der Waals surface area contributed by atoms with E-state index in [1.807, 2.05) is 0 Å². The summed E-state index contributed by atoms with van der Waals surface area (Å²) >= 11 is 0. The minimum Gasteiger partial charge on any atom is -0.459 e. The van der Waals surface area contributed by atoms with Crippen molar-refractivity contribution in [1.82, 2.24) is 0 Å². The quantitative estimate of drug-likeness (QED) is 0.168. The van der Waals surface area contributed by atoms with Crippen LogP contribution >= 0.6 is 0 Å². The molecule has 0 radical (unpaired) electrons. The predicted octanol–water partition coefficient (Wildman–Crippen LogP) is 3.22. The fraction of sp³-hybridized carbons (Fsp3) is 0.316. The summed E-state index contributed by atoms with van der Waals surface area (Å²) in [5.74, 6) is -5.93. The molecular formula is C38H32N2O10. The number of anilines is 2. The van der Waals surface area contributed by atoms with Crippen LogP contribution in [0.15, 0.2) is 97.1 Å².